The Morgan fingerprint density at radius 2 is 2.12 bits per heavy atom. The van der Waals surface area contributed by atoms with E-state index in [1.807, 2.05) is 0 Å². The van der Waals surface area contributed by atoms with Gasteiger partial charge in [-0.3, -0.25) is 0 Å². The van der Waals surface area contributed by atoms with E-state index >= 15 is 0 Å². The van der Waals surface area contributed by atoms with E-state index in [0.717, 1.165) is 30.5 Å². The van der Waals surface area contributed by atoms with Gasteiger partial charge in [-0.15, -0.1) is 0 Å². The third kappa shape index (κ3) is 6.27. The second kappa shape index (κ2) is 9.42. The molecule has 4 heteroatoms. The fourth-order valence-electron chi connectivity index (χ4n) is 2.20. The van der Waals surface area contributed by atoms with E-state index in [1.54, 1.807) is 7.11 Å². The third-order valence-electron chi connectivity index (χ3n) is 3.43. The van der Waals surface area contributed by atoms with Crippen LogP contribution in [0.4, 0.5) is 0 Å². The van der Waals surface area contributed by atoms with E-state index in [4.69, 9.17) is 9.47 Å². The Bertz CT molecular complexity index is 219. The fourth-order valence-corrected chi connectivity index (χ4v) is 9.00. The molecule has 1 rings (SSSR count). The summed E-state index contributed by atoms with van der Waals surface area (Å²) in [7, 11) is 1.80. The topological polar surface area (TPSA) is 21.7 Å². The molecule has 0 saturated carbocycles. The molecular formula is C13H26InNO2. The molecule has 1 aliphatic heterocycles. The minimum absolute atomic E-state index is 0.398. The molecule has 0 aliphatic carbocycles. The number of nitrogens with zero attached hydrogens (tertiary/aromatic N) is 1. The molecule has 1 unspecified atom stereocenters. The van der Waals surface area contributed by atoms with Gasteiger partial charge in [0.2, 0.25) is 0 Å². The van der Waals surface area contributed by atoms with Gasteiger partial charge >= 0.3 is 114 Å². The van der Waals surface area contributed by atoms with Gasteiger partial charge in [0, 0.05) is 0 Å². The van der Waals surface area contributed by atoms with Crippen LogP contribution in [-0.4, -0.2) is 70.2 Å². The van der Waals surface area contributed by atoms with Crippen LogP contribution < -0.4 is 0 Å². The quantitative estimate of drug-likeness (QED) is 0.597. The summed E-state index contributed by atoms with van der Waals surface area (Å²) >= 11 is -1.46. The zero-order chi connectivity index (χ0) is 12.5. The summed E-state index contributed by atoms with van der Waals surface area (Å²) in [5, 5.41) is 0. The molecule has 0 amide bonds. The molecule has 1 heterocycles. The summed E-state index contributed by atoms with van der Waals surface area (Å²) in [6.07, 6.45) is 3.80. The first-order valence-corrected chi connectivity index (χ1v) is 13.4. The Hall–Kier alpha value is 0.490. The van der Waals surface area contributed by atoms with E-state index in [0.29, 0.717) is 6.10 Å². The predicted molar refractivity (Wildman–Crippen MR) is 73.7 cm³/mol. The number of hydrogen-bond acceptors (Lipinski definition) is 3. The van der Waals surface area contributed by atoms with Crippen LogP contribution in [0.3, 0.4) is 0 Å². The number of methoxy groups -OCH3 is 1. The summed E-state index contributed by atoms with van der Waals surface area (Å²) < 4.78 is 15.9. The van der Waals surface area contributed by atoms with Crippen LogP contribution in [0.5, 0.6) is 0 Å². The predicted octanol–water partition coefficient (Wildman–Crippen LogP) is 1.89. The van der Waals surface area contributed by atoms with Crippen molar-refractivity contribution in [3.63, 3.8) is 0 Å². The molecule has 0 aromatic rings. The van der Waals surface area contributed by atoms with Crippen molar-refractivity contribution in [3.05, 3.63) is 9.91 Å². The Kier molecular flexibility index (Phi) is 8.62. The summed E-state index contributed by atoms with van der Waals surface area (Å²) in [5.74, 6) is 0. The van der Waals surface area contributed by atoms with Gasteiger partial charge in [0.1, 0.15) is 0 Å². The number of rotatable bonds is 9. The molecule has 0 aromatic carbocycles. The van der Waals surface area contributed by atoms with Crippen LogP contribution in [0.1, 0.15) is 20.3 Å². The van der Waals surface area contributed by atoms with Crippen molar-refractivity contribution < 1.29 is 9.47 Å². The van der Waals surface area contributed by atoms with Crippen molar-refractivity contribution in [2.75, 3.05) is 37.7 Å². The number of hydrogen-bond donors (Lipinski definition) is 0. The van der Waals surface area contributed by atoms with Gasteiger partial charge in [0.25, 0.3) is 0 Å². The van der Waals surface area contributed by atoms with Gasteiger partial charge in [-0.2, -0.15) is 0 Å². The molecule has 0 radical (unpaired) electrons. The first-order chi connectivity index (χ1) is 8.30. The van der Waals surface area contributed by atoms with Gasteiger partial charge in [0.05, 0.1) is 0 Å². The molecule has 0 aromatic heterocycles. The van der Waals surface area contributed by atoms with E-state index in [9.17, 15) is 0 Å². The SMILES string of the molecule is CCN(CC)CCCO[CH2][In]1[CH]=CC(OC)[CH2]1. The van der Waals surface area contributed by atoms with Crippen LogP contribution in [0.25, 0.3) is 0 Å². The van der Waals surface area contributed by atoms with Crippen molar-refractivity contribution >= 4 is 21.4 Å². The van der Waals surface area contributed by atoms with Crippen LogP contribution in [0, 0.1) is 0 Å². The Morgan fingerprint density at radius 3 is 2.71 bits per heavy atom. The Labute approximate surface area is 114 Å². The molecule has 98 valence electrons. The van der Waals surface area contributed by atoms with E-state index in [2.05, 4.69) is 28.7 Å². The van der Waals surface area contributed by atoms with Gasteiger partial charge in [-0.1, -0.05) is 0 Å². The van der Waals surface area contributed by atoms with Crippen LogP contribution in [0.15, 0.2) is 9.91 Å². The second-order valence-electron chi connectivity index (χ2n) is 4.61. The Morgan fingerprint density at radius 1 is 1.35 bits per heavy atom. The van der Waals surface area contributed by atoms with Crippen molar-refractivity contribution in [1.82, 2.24) is 4.90 Å². The van der Waals surface area contributed by atoms with Crippen molar-refractivity contribution in [2.24, 2.45) is 0 Å². The van der Waals surface area contributed by atoms with Crippen molar-refractivity contribution in [3.8, 4) is 0 Å². The second-order valence-corrected chi connectivity index (χ2v) is 12.3. The maximum absolute atomic E-state index is 5.81. The summed E-state index contributed by atoms with van der Waals surface area (Å²) in [5.41, 5.74) is 0. The van der Waals surface area contributed by atoms with Crippen molar-refractivity contribution in [2.45, 2.75) is 30.5 Å². The summed E-state index contributed by atoms with van der Waals surface area (Å²) in [6, 6.07) is 0. The molecule has 0 saturated heterocycles. The van der Waals surface area contributed by atoms with Crippen LogP contribution >= 0.6 is 0 Å². The van der Waals surface area contributed by atoms with Crippen LogP contribution in [-0.2, 0) is 9.47 Å². The molecule has 0 bridgehead atoms. The first-order valence-electron chi connectivity index (χ1n) is 6.81. The molecule has 17 heavy (non-hydrogen) atoms. The van der Waals surface area contributed by atoms with Crippen LogP contribution in [0.2, 0.25) is 4.18 Å². The molecule has 0 fully saturated rings. The molecule has 0 N–H and O–H groups in total. The Balaban J connectivity index is 1.96. The fraction of sp³-hybridized carbons (Fsp3) is 0.846. The van der Waals surface area contributed by atoms with E-state index in [1.165, 1.54) is 10.7 Å². The average molecular weight is 343 g/mol. The average Bonchev–Trinajstić information content (AvgIpc) is 2.82. The zero-order valence-electron chi connectivity index (χ0n) is 11.5. The summed E-state index contributed by atoms with van der Waals surface area (Å²) in [4.78, 5) is 2.45. The van der Waals surface area contributed by atoms with Gasteiger partial charge in [-0.05, 0) is 0 Å². The zero-order valence-corrected chi connectivity index (χ0v) is 14.8. The molecular weight excluding hydrogens is 317 g/mol. The maximum atomic E-state index is 5.81. The molecule has 1 atom stereocenters. The van der Waals surface area contributed by atoms with E-state index < -0.39 is 21.4 Å². The minimum atomic E-state index is -1.46. The van der Waals surface area contributed by atoms with Gasteiger partial charge in [0.15, 0.2) is 0 Å². The standard InChI is InChI=1S/C8H18NO.C5H8O.In/c1-4-9(5-2)7-6-8-10-3;1-4-5(2)6-3;/h3-8H2,1-2H3;1,4-5H,2H2,3H3;. The molecule has 0 spiro atoms. The van der Waals surface area contributed by atoms with Gasteiger partial charge < -0.3 is 0 Å². The summed E-state index contributed by atoms with van der Waals surface area (Å²) in [6.45, 7) is 8.83. The third-order valence-corrected chi connectivity index (χ3v) is 10.6. The number of ether oxygens (including phenoxy) is 2. The van der Waals surface area contributed by atoms with Gasteiger partial charge in [-0.25, -0.2) is 0 Å². The normalized spacial score (nSPS) is 19.5. The first kappa shape index (κ1) is 15.5. The molecule has 1 aliphatic rings. The van der Waals surface area contributed by atoms with Crippen molar-refractivity contribution in [1.29, 1.82) is 0 Å². The monoisotopic (exact) mass is 343 g/mol. The molecule has 3 nitrogen and oxygen atoms in total. The van der Waals surface area contributed by atoms with E-state index in [-0.39, 0.29) is 0 Å².